The first-order chi connectivity index (χ1) is 12.8. The molecule has 1 aromatic carbocycles. The Morgan fingerprint density at radius 2 is 1.74 bits per heavy atom. The summed E-state index contributed by atoms with van der Waals surface area (Å²) in [5, 5.41) is 19.5. The minimum absolute atomic E-state index is 0.0111. The van der Waals surface area contributed by atoms with Crippen molar-refractivity contribution in [1.29, 1.82) is 0 Å². The maximum atomic E-state index is 12.3. The molecule has 1 aromatic heterocycles. The van der Waals surface area contributed by atoms with E-state index >= 15 is 0 Å². The molecule has 9 heteroatoms. The normalized spacial score (nSPS) is 11.5. The first-order valence-electron chi connectivity index (χ1n) is 7.73. The molecule has 0 aliphatic carbocycles. The third-order valence-electron chi connectivity index (χ3n) is 4.01. The molecule has 2 rings (SSSR count). The van der Waals surface area contributed by atoms with E-state index in [1.807, 2.05) is 0 Å². The zero-order valence-electron chi connectivity index (χ0n) is 14.5. The number of methoxy groups -OCH3 is 2. The molecule has 27 heavy (non-hydrogen) atoms. The Bertz CT molecular complexity index is 929. The average molecular weight is 375 g/mol. The molecule has 0 spiro atoms. The van der Waals surface area contributed by atoms with Crippen LogP contribution in [-0.4, -0.2) is 47.3 Å². The van der Waals surface area contributed by atoms with E-state index in [1.54, 1.807) is 0 Å². The van der Waals surface area contributed by atoms with Gasteiger partial charge in [-0.3, -0.25) is 9.59 Å². The third kappa shape index (κ3) is 4.14. The second kappa shape index (κ2) is 8.17. The topological polar surface area (TPSA) is 143 Å². The molecule has 0 fully saturated rings. The van der Waals surface area contributed by atoms with Gasteiger partial charge in [0.1, 0.15) is 11.3 Å². The van der Waals surface area contributed by atoms with Crippen LogP contribution in [0.15, 0.2) is 35.3 Å². The lowest BCUT2D eigenvalue weighted by atomic mass is 9.87. The highest BCUT2D eigenvalue weighted by molar-refractivity contribution is 5.92. The molecule has 1 atom stereocenters. The second-order valence-corrected chi connectivity index (χ2v) is 5.55. The molecule has 0 saturated carbocycles. The van der Waals surface area contributed by atoms with Crippen LogP contribution in [0.4, 0.5) is 0 Å². The molecular formula is C18H17NO8. The van der Waals surface area contributed by atoms with Crippen molar-refractivity contribution >= 4 is 17.9 Å². The molecule has 142 valence electrons. The number of H-pyrrole nitrogens is 1. The monoisotopic (exact) mass is 375 g/mol. The number of benzene rings is 1. The number of carbonyl (C=O) groups excluding carboxylic acids is 2. The molecule has 0 radical (unpaired) electrons. The lowest BCUT2D eigenvalue weighted by Crippen LogP contribution is -2.22. The van der Waals surface area contributed by atoms with E-state index in [1.165, 1.54) is 31.4 Å². The number of esters is 2. The van der Waals surface area contributed by atoms with Crippen LogP contribution in [0.25, 0.3) is 0 Å². The fourth-order valence-electron chi connectivity index (χ4n) is 2.62. The number of hydrogen-bond acceptors (Lipinski definition) is 7. The molecule has 2 aromatic rings. The van der Waals surface area contributed by atoms with E-state index in [0.717, 1.165) is 13.3 Å². The van der Waals surface area contributed by atoms with Crippen molar-refractivity contribution < 1.29 is 34.1 Å². The summed E-state index contributed by atoms with van der Waals surface area (Å²) >= 11 is 0. The van der Waals surface area contributed by atoms with Gasteiger partial charge in [0, 0.05) is 12.1 Å². The molecule has 0 amide bonds. The molecule has 0 aliphatic rings. The van der Waals surface area contributed by atoms with Gasteiger partial charge in [0.2, 0.25) is 0 Å². The Morgan fingerprint density at radius 1 is 1.11 bits per heavy atom. The van der Waals surface area contributed by atoms with Gasteiger partial charge in [-0.05, 0) is 17.7 Å². The number of ether oxygens (including phenoxy) is 2. The lowest BCUT2D eigenvalue weighted by molar-refractivity contribution is -0.140. The number of aromatic hydroxyl groups is 1. The number of aromatic nitrogens is 1. The standard InChI is InChI=1S/C18H17NO8/c1-26-13(20)7-11(9-3-5-10(6-4-9)17(23)24)14-15(21)12(18(25)27-2)8-19-16(14)22/h3-6,8,11H,7H2,1-2H3,(H,23,24)(H2,19,21,22). The fourth-order valence-corrected chi connectivity index (χ4v) is 2.62. The van der Waals surface area contributed by atoms with E-state index in [0.29, 0.717) is 5.56 Å². The van der Waals surface area contributed by atoms with Crippen LogP contribution in [0.5, 0.6) is 5.75 Å². The maximum absolute atomic E-state index is 12.3. The van der Waals surface area contributed by atoms with Crippen LogP contribution >= 0.6 is 0 Å². The molecule has 0 aliphatic heterocycles. The highest BCUT2D eigenvalue weighted by atomic mass is 16.5. The van der Waals surface area contributed by atoms with Crippen LogP contribution in [0.1, 0.15) is 44.2 Å². The van der Waals surface area contributed by atoms with Crippen molar-refractivity contribution in [2.24, 2.45) is 0 Å². The quantitative estimate of drug-likeness (QED) is 0.640. The highest BCUT2D eigenvalue weighted by Gasteiger charge is 2.28. The summed E-state index contributed by atoms with van der Waals surface area (Å²) in [6, 6.07) is 5.44. The van der Waals surface area contributed by atoms with Crippen LogP contribution in [0.3, 0.4) is 0 Å². The van der Waals surface area contributed by atoms with Crippen LogP contribution in [0, 0.1) is 0 Å². The first-order valence-corrected chi connectivity index (χ1v) is 7.73. The molecule has 3 N–H and O–H groups in total. The van der Waals surface area contributed by atoms with Crippen molar-refractivity contribution in [1.82, 2.24) is 4.98 Å². The zero-order chi connectivity index (χ0) is 20.1. The Balaban J connectivity index is 2.64. The van der Waals surface area contributed by atoms with E-state index < -0.39 is 35.1 Å². The number of aromatic amines is 1. The third-order valence-corrected chi connectivity index (χ3v) is 4.01. The predicted molar refractivity (Wildman–Crippen MR) is 91.9 cm³/mol. The van der Waals surface area contributed by atoms with Gasteiger partial charge in [-0.15, -0.1) is 0 Å². The van der Waals surface area contributed by atoms with E-state index in [-0.39, 0.29) is 23.1 Å². The first kappa shape index (κ1) is 19.7. The summed E-state index contributed by atoms with van der Waals surface area (Å²) in [6.45, 7) is 0. The zero-order valence-corrected chi connectivity index (χ0v) is 14.5. The van der Waals surface area contributed by atoms with Crippen molar-refractivity contribution in [3.8, 4) is 5.75 Å². The minimum Gasteiger partial charge on any atom is -0.506 e. The number of rotatable bonds is 6. The van der Waals surface area contributed by atoms with Crippen LogP contribution in [0.2, 0.25) is 0 Å². The number of hydrogen-bond donors (Lipinski definition) is 3. The summed E-state index contributed by atoms with van der Waals surface area (Å²) in [4.78, 5) is 49.3. The summed E-state index contributed by atoms with van der Waals surface area (Å²) in [5.74, 6) is -4.28. The minimum atomic E-state index is -1.14. The Kier molecular flexibility index (Phi) is 5.96. The summed E-state index contributed by atoms with van der Waals surface area (Å²) in [5.41, 5.74) is -0.822. The van der Waals surface area contributed by atoms with Gasteiger partial charge in [0.05, 0.1) is 31.8 Å². The predicted octanol–water partition coefficient (Wildman–Crippen LogP) is 1.26. The number of carbonyl (C=O) groups is 3. The molecular weight excluding hydrogens is 358 g/mol. The van der Waals surface area contributed by atoms with Crippen molar-refractivity contribution in [3.05, 3.63) is 63.1 Å². The van der Waals surface area contributed by atoms with Crippen LogP contribution < -0.4 is 5.56 Å². The van der Waals surface area contributed by atoms with Gasteiger partial charge < -0.3 is 24.7 Å². The largest absolute Gasteiger partial charge is 0.506 e. The average Bonchev–Trinajstić information content (AvgIpc) is 2.66. The summed E-state index contributed by atoms with van der Waals surface area (Å²) in [7, 11) is 2.28. The van der Waals surface area contributed by atoms with Crippen LogP contribution in [-0.2, 0) is 14.3 Å². The Labute approximate surface area is 153 Å². The number of nitrogens with one attached hydrogen (secondary N) is 1. The molecule has 0 bridgehead atoms. The van der Waals surface area contributed by atoms with Gasteiger partial charge in [-0.25, -0.2) is 9.59 Å². The van der Waals surface area contributed by atoms with E-state index in [2.05, 4.69) is 14.5 Å². The van der Waals surface area contributed by atoms with E-state index in [4.69, 9.17) is 5.11 Å². The van der Waals surface area contributed by atoms with Crippen molar-refractivity contribution in [3.63, 3.8) is 0 Å². The molecule has 1 heterocycles. The Morgan fingerprint density at radius 3 is 2.26 bits per heavy atom. The summed E-state index contributed by atoms with van der Waals surface area (Å²) < 4.78 is 9.21. The van der Waals surface area contributed by atoms with Gasteiger partial charge in [-0.2, -0.15) is 0 Å². The number of aromatic carboxylic acids is 1. The maximum Gasteiger partial charge on any atom is 0.343 e. The van der Waals surface area contributed by atoms with Crippen molar-refractivity contribution in [2.45, 2.75) is 12.3 Å². The van der Waals surface area contributed by atoms with E-state index in [9.17, 15) is 24.3 Å². The molecule has 1 unspecified atom stereocenters. The van der Waals surface area contributed by atoms with Gasteiger partial charge in [-0.1, -0.05) is 12.1 Å². The highest BCUT2D eigenvalue weighted by Crippen LogP contribution is 2.33. The smallest absolute Gasteiger partial charge is 0.343 e. The van der Waals surface area contributed by atoms with Gasteiger partial charge in [0.25, 0.3) is 5.56 Å². The number of pyridine rings is 1. The molecule has 0 saturated heterocycles. The molecule has 9 nitrogen and oxygen atoms in total. The summed E-state index contributed by atoms with van der Waals surface area (Å²) in [6.07, 6.45) is 0.694. The number of carboxylic acid groups (broad SMARTS) is 1. The fraction of sp³-hybridized carbons (Fsp3) is 0.222. The Hall–Kier alpha value is -3.62. The van der Waals surface area contributed by atoms with Gasteiger partial charge >= 0.3 is 17.9 Å². The lowest BCUT2D eigenvalue weighted by Gasteiger charge is -2.18. The van der Waals surface area contributed by atoms with Gasteiger partial charge in [0.15, 0.2) is 0 Å². The second-order valence-electron chi connectivity index (χ2n) is 5.55. The van der Waals surface area contributed by atoms with Crippen molar-refractivity contribution in [2.75, 3.05) is 14.2 Å². The number of carboxylic acids is 1. The SMILES string of the molecule is COC(=O)CC(c1ccc(C(=O)O)cc1)c1c(O)c(C(=O)OC)c[nH]c1=O.